The van der Waals surface area contributed by atoms with Gasteiger partial charge in [-0.05, 0) is 24.6 Å². The van der Waals surface area contributed by atoms with E-state index in [0.717, 1.165) is 5.56 Å². The number of aromatic nitrogens is 3. The molecule has 0 saturated heterocycles. The number of primary amides is 1. The highest BCUT2D eigenvalue weighted by Gasteiger charge is 2.27. The predicted molar refractivity (Wildman–Crippen MR) is 100 cm³/mol. The van der Waals surface area contributed by atoms with E-state index in [1.54, 1.807) is 25.4 Å². The molecule has 2 aromatic rings. The van der Waals surface area contributed by atoms with E-state index in [1.807, 2.05) is 0 Å². The average Bonchev–Trinajstić information content (AvgIpc) is 3.32. The number of nitrogens with zero attached hydrogens (tertiary/aromatic N) is 4. The number of carbonyl (C=O) groups excluding carboxylic acids is 3. The van der Waals surface area contributed by atoms with Crippen molar-refractivity contribution in [3.63, 3.8) is 0 Å². The molecule has 2 heterocycles. The van der Waals surface area contributed by atoms with Crippen LogP contribution in [0.3, 0.4) is 0 Å². The van der Waals surface area contributed by atoms with Crippen molar-refractivity contribution in [1.29, 1.82) is 0 Å². The lowest BCUT2D eigenvalue weighted by atomic mass is 10.0. The highest BCUT2D eigenvalue weighted by molar-refractivity contribution is 6.38. The molecular weight excluding hydrogens is 350 g/mol. The van der Waals surface area contributed by atoms with Crippen LogP contribution in [0.25, 0.3) is 5.82 Å². The first-order chi connectivity index (χ1) is 12.9. The fourth-order valence-corrected chi connectivity index (χ4v) is 2.24. The van der Waals surface area contributed by atoms with Gasteiger partial charge in [0, 0.05) is 25.0 Å². The van der Waals surface area contributed by atoms with Crippen molar-refractivity contribution in [2.45, 2.75) is 19.4 Å². The van der Waals surface area contributed by atoms with E-state index >= 15 is 0 Å². The molecule has 0 spiro atoms. The summed E-state index contributed by atoms with van der Waals surface area (Å²) in [6.07, 6.45) is 7.61. The Bertz CT molecular complexity index is 894. The Morgan fingerprint density at radius 2 is 2.22 bits per heavy atom. The fraction of sp³-hybridized carbons (Fsp3) is 0.176. The van der Waals surface area contributed by atoms with Crippen LogP contribution in [0.4, 0.5) is 0 Å². The number of ketones is 1. The van der Waals surface area contributed by atoms with Crippen molar-refractivity contribution >= 4 is 36.0 Å². The molecule has 0 fully saturated rings. The molecule has 0 bridgehead atoms. The summed E-state index contributed by atoms with van der Waals surface area (Å²) in [5, 5.41) is 6.50. The lowest BCUT2D eigenvalue weighted by molar-refractivity contribution is -0.137. The third-order valence-corrected chi connectivity index (χ3v) is 3.51. The smallest absolute Gasteiger partial charge is 0.287 e. The van der Waals surface area contributed by atoms with Crippen molar-refractivity contribution in [1.82, 2.24) is 20.1 Å². The Morgan fingerprint density at radius 3 is 2.85 bits per heavy atom. The third-order valence-electron chi connectivity index (χ3n) is 3.51. The molecule has 2 rings (SSSR count). The molecule has 4 N–H and O–H groups in total. The molecule has 140 valence electrons. The van der Waals surface area contributed by atoms with Crippen molar-refractivity contribution in [3.8, 4) is 0 Å². The number of H-pyrrole nitrogens is 1. The zero-order chi connectivity index (χ0) is 19.8. The van der Waals surface area contributed by atoms with Crippen LogP contribution in [0, 0.1) is 0 Å². The molecule has 10 nitrogen and oxygen atoms in total. The topological polar surface area (TPSA) is 148 Å². The molecular formula is C17H19N7O3. The van der Waals surface area contributed by atoms with E-state index < -0.39 is 23.6 Å². The van der Waals surface area contributed by atoms with Gasteiger partial charge in [0.25, 0.3) is 11.8 Å². The van der Waals surface area contributed by atoms with Crippen molar-refractivity contribution in [3.05, 3.63) is 48.6 Å². The van der Waals surface area contributed by atoms with Gasteiger partial charge in [-0.15, -0.1) is 0 Å². The summed E-state index contributed by atoms with van der Waals surface area (Å²) < 4.78 is 1.19. The average molecular weight is 369 g/mol. The van der Waals surface area contributed by atoms with Gasteiger partial charge < -0.3 is 16.0 Å². The van der Waals surface area contributed by atoms with Gasteiger partial charge in [0.15, 0.2) is 0 Å². The number of amides is 2. The molecule has 0 radical (unpaired) electrons. The predicted octanol–water partition coefficient (Wildman–Crippen LogP) is 0.154. The third kappa shape index (κ3) is 5.08. The maximum Gasteiger partial charge on any atom is 0.287 e. The first-order valence-corrected chi connectivity index (χ1v) is 7.93. The minimum absolute atomic E-state index is 0.0916. The lowest BCUT2D eigenvalue weighted by Gasteiger charge is -2.16. The summed E-state index contributed by atoms with van der Waals surface area (Å²) in [4.78, 5) is 46.6. The van der Waals surface area contributed by atoms with E-state index in [4.69, 9.17) is 5.73 Å². The molecule has 0 aromatic carbocycles. The molecule has 10 heteroatoms. The van der Waals surface area contributed by atoms with Crippen LogP contribution in [0.5, 0.6) is 0 Å². The summed E-state index contributed by atoms with van der Waals surface area (Å²) in [5.74, 6) is -2.50. The number of nitrogens with one attached hydrogen (secondary N) is 2. The summed E-state index contributed by atoms with van der Waals surface area (Å²) in [5.41, 5.74) is 5.92. The van der Waals surface area contributed by atoms with Crippen LogP contribution in [0.1, 0.15) is 23.0 Å². The molecule has 2 aromatic heterocycles. The van der Waals surface area contributed by atoms with E-state index in [1.165, 1.54) is 29.5 Å². The summed E-state index contributed by atoms with van der Waals surface area (Å²) >= 11 is 0. The Hall–Kier alpha value is -3.82. The summed E-state index contributed by atoms with van der Waals surface area (Å²) in [6, 6.07) is 2.04. The van der Waals surface area contributed by atoms with Gasteiger partial charge in [-0.25, -0.2) is 14.7 Å². The second-order valence-electron chi connectivity index (χ2n) is 5.37. The van der Waals surface area contributed by atoms with Gasteiger partial charge in [0.05, 0.1) is 6.20 Å². The molecule has 2 amide bonds. The number of nitrogens with two attached hydrogens (primary N) is 1. The lowest BCUT2D eigenvalue weighted by Crippen LogP contribution is -2.47. The molecule has 0 aliphatic heterocycles. The van der Waals surface area contributed by atoms with Crippen LogP contribution in [-0.4, -0.2) is 51.0 Å². The second kappa shape index (κ2) is 9.04. The minimum Gasteiger partial charge on any atom is -0.367 e. The van der Waals surface area contributed by atoms with Crippen LogP contribution in [-0.2, 0) is 16.0 Å². The molecule has 0 saturated carbocycles. The highest BCUT2D eigenvalue weighted by Crippen LogP contribution is 2.09. The van der Waals surface area contributed by atoms with E-state index in [2.05, 4.69) is 32.0 Å². The largest absolute Gasteiger partial charge is 0.367 e. The SMILES string of the molecule is C=C(/N=C\N=CC)n1nccc1C(=O)NC(Cc1cc[nH]c1)C(=O)C(N)=O. The number of carbonyl (C=O) groups is 3. The summed E-state index contributed by atoms with van der Waals surface area (Å²) in [7, 11) is 0. The summed E-state index contributed by atoms with van der Waals surface area (Å²) in [6.45, 7) is 5.44. The zero-order valence-electron chi connectivity index (χ0n) is 14.6. The first kappa shape index (κ1) is 19.5. The standard InChI is InChI=1S/C17H19N7O3/c1-3-19-10-21-11(2)24-14(5-7-22-24)17(27)23-13(15(25)16(18)26)8-12-4-6-20-9-12/h3-7,9-10,13,20H,2,8H2,1H3,(H2,18,26)(H,23,27)/b19-3?,21-10-. The molecule has 0 aliphatic carbocycles. The highest BCUT2D eigenvalue weighted by atomic mass is 16.2. The number of aromatic amines is 1. The number of aliphatic imine (C=N–C) groups is 2. The fourth-order valence-electron chi connectivity index (χ4n) is 2.24. The molecule has 1 unspecified atom stereocenters. The maximum absolute atomic E-state index is 12.6. The Labute approximate surface area is 154 Å². The molecule has 27 heavy (non-hydrogen) atoms. The van der Waals surface area contributed by atoms with Gasteiger partial charge in [-0.2, -0.15) is 5.10 Å². The van der Waals surface area contributed by atoms with E-state index in [0.29, 0.717) is 0 Å². The Morgan fingerprint density at radius 1 is 1.44 bits per heavy atom. The van der Waals surface area contributed by atoms with Gasteiger partial charge >= 0.3 is 0 Å². The van der Waals surface area contributed by atoms with Crippen LogP contribution < -0.4 is 11.1 Å². The normalized spacial score (nSPS) is 12.3. The number of hydrogen-bond acceptors (Lipinski definition) is 5. The molecule has 0 aliphatic rings. The number of Topliss-reactive ketones (excluding diaryl/α,β-unsaturated/α-hetero) is 1. The van der Waals surface area contributed by atoms with Gasteiger partial charge in [0.2, 0.25) is 5.78 Å². The van der Waals surface area contributed by atoms with E-state index in [9.17, 15) is 14.4 Å². The number of hydrogen-bond donors (Lipinski definition) is 3. The zero-order valence-corrected chi connectivity index (χ0v) is 14.6. The van der Waals surface area contributed by atoms with Crippen molar-refractivity contribution in [2.75, 3.05) is 0 Å². The number of rotatable bonds is 9. The Balaban J connectivity index is 2.20. The van der Waals surface area contributed by atoms with Gasteiger partial charge in [-0.3, -0.25) is 14.4 Å². The second-order valence-corrected chi connectivity index (χ2v) is 5.37. The van der Waals surface area contributed by atoms with Crippen molar-refractivity contribution < 1.29 is 14.4 Å². The van der Waals surface area contributed by atoms with Crippen LogP contribution in [0.2, 0.25) is 0 Å². The quantitative estimate of drug-likeness (QED) is 0.328. The van der Waals surface area contributed by atoms with Gasteiger partial charge in [-0.1, -0.05) is 6.58 Å². The van der Waals surface area contributed by atoms with Crippen LogP contribution in [0.15, 0.2) is 47.3 Å². The maximum atomic E-state index is 12.6. The first-order valence-electron chi connectivity index (χ1n) is 7.93. The molecule has 1 atom stereocenters. The monoisotopic (exact) mass is 369 g/mol. The minimum atomic E-state index is -1.13. The Kier molecular flexibility index (Phi) is 6.53. The van der Waals surface area contributed by atoms with Gasteiger partial charge in [0.1, 0.15) is 23.9 Å². The van der Waals surface area contributed by atoms with Crippen LogP contribution >= 0.6 is 0 Å². The van der Waals surface area contributed by atoms with E-state index in [-0.39, 0.29) is 17.9 Å². The van der Waals surface area contributed by atoms with Crippen molar-refractivity contribution in [2.24, 2.45) is 15.7 Å².